The predicted molar refractivity (Wildman–Crippen MR) is 74.7 cm³/mol. The molecule has 0 aliphatic heterocycles. The Morgan fingerprint density at radius 1 is 1.21 bits per heavy atom. The second-order valence-corrected chi connectivity index (χ2v) is 4.96. The van der Waals surface area contributed by atoms with Gasteiger partial charge in [0.05, 0.1) is 5.69 Å². The molecule has 19 heavy (non-hydrogen) atoms. The molecule has 0 saturated heterocycles. The molecule has 98 valence electrons. The maximum Gasteiger partial charge on any atom is 0.256 e. The third kappa shape index (κ3) is 3.36. The van der Waals surface area contributed by atoms with Crippen LogP contribution in [-0.2, 0) is 0 Å². The summed E-state index contributed by atoms with van der Waals surface area (Å²) < 4.78 is 0.658. The first kappa shape index (κ1) is 13.6. The highest BCUT2D eigenvalue weighted by Crippen LogP contribution is 2.25. The second-order valence-electron chi connectivity index (χ2n) is 3.68. The Bertz CT molecular complexity index is 629. The van der Waals surface area contributed by atoms with Gasteiger partial charge in [0.15, 0.2) is 5.15 Å². The lowest BCUT2D eigenvalue weighted by Crippen LogP contribution is -2.12. The van der Waals surface area contributed by atoms with E-state index in [4.69, 9.17) is 11.6 Å². The molecule has 0 unspecified atom stereocenters. The fourth-order valence-corrected chi connectivity index (χ4v) is 1.91. The van der Waals surface area contributed by atoms with Gasteiger partial charge in [0, 0.05) is 22.3 Å². The summed E-state index contributed by atoms with van der Waals surface area (Å²) in [5.41, 5.74) is 0.428. The lowest BCUT2D eigenvalue weighted by Gasteiger charge is -2.07. The van der Waals surface area contributed by atoms with Crippen LogP contribution in [0, 0.1) is 0 Å². The van der Waals surface area contributed by atoms with Crippen molar-refractivity contribution in [3.05, 3.63) is 45.7 Å². The molecule has 5 nitrogen and oxygen atoms in total. The van der Waals surface area contributed by atoms with Gasteiger partial charge in [-0.3, -0.25) is 4.79 Å². The highest BCUT2D eigenvalue weighted by atomic mass is 79.9. The van der Waals surface area contributed by atoms with Crippen LogP contribution in [0.1, 0.15) is 10.4 Å². The molecule has 7 heteroatoms. The van der Waals surface area contributed by atoms with Crippen molar-refractivity contribution < 1.29 is 15.0 Å². The summed E-state index contributed by atoms with van der Waals surface area (Å²) >= 11 is 9.06. The number of benzene rings is 1. The topological polar surface area (TPSA) is 82.5 Å². The number of phenolic OH excluding ortho intramolecular Hbond substituents is 2. The highest BCUT2D eigenvalue weighted by Gasteiger charge is 2.11. The molecular formula is C12H8BrClN2O3. The molecule has 0 saturated carbocycles. The second kappa shape index (κ2) is 5.46. The molecule has 1 amide bonds. The van der Waals surface area contributed by atoms with E-state index >= 15 is 0 Å². The molecule has 1 heterocycles. The van der Waals surface area contributed by atoms with Crippen molar-refractivity contribution in [2.75, 3.05) is 5.32 Å². The van der Waals surface area contributed by atoms with Crippen molar-refractivity contribution in [1.82, 2.24) is 4.98 Å². The van der Waals surface area contributed by atoms with Gasteiger partial charge in [0.1, 0.15) is 11.5 Å². The molecule has 2 rings (SSSR count). The molecule has 0 bridgehead atoms. The maximum atomic E-state index is 11.9. The molecule has 2 aromatic rings. The number of halogens is 2. The van der Waals surface area contributed by atoms with E-state index in [-0.39, 0.29) is 22.2 Å². The molecule has 0 fully saturated rings. The Morgan fingerprint density at radius 2 is 1.84 bits per heavy atom. The van der Waals surface area contributed by atoms with Gasteiger partial charge in [-0.25, -0.2) is 4.98 Å². The van der Waals surface area contributed by atoms with Crippen LogP contribution in [0.25, 0.3) is 0 Å². The van der Waals surface area contributed by atoms with Crippen molar-refractivity contribution in [3.8, 4) is 11.5 Å². The quantitative estimate of drug-likeness (QED) is 0.732. The minimum Gasteiger partial charge on any atom is -0.508 e. The molecule has 0 radical (unpaired) electrons. The molecule has 1 aromatic carbocycles. The standard InChI is InChI=1S/C12H8BrClN2O3/c13-7-3-10(11(14)15-5-7)16-12(19)6-1-8(17)4-9(18)2-6/h1-5,17-18H,(H,16,19). The Hall–Kier alpha value is -1.79. The number of aromatic hydroxyl groups is 2. The Kier molecular flexibility index (Phi) is 3.92. The van der Waals surface area contributed by atoms with Crippen molar-refractivity contribution >= 4 is 39.1 Å². The average molecular weight is 344 g/mol. The van der Waals surface area contributed by atoms with Crippen LogP contribution in [0.5, 0.6) is 11.5 Å². The summed E-state index contributed by atoms with van der Waals surface area (Å²) in [6.07, 6.45) is 1.50. The average Bonchev–Trinajstić information content (AvgIpc) is 2.32. The minimum atomic E-state index is -0.520. The highest BCUT2D eigenvalue weighted by molar-refractivity contribution is 9.10. The van der Waals surface area contributed by atoms with E-state index < -0.39 is 5.91 Å². The van der Waals surface area contributed by atoms with E-state index in [2.05, 4.69) is 26.2 Å². The molecule has 0 aliphatic rings. The number of hydrogen-bond donors (Lipinski definition) is 3. The Morgan fingerprint density at radius 3 is 2.47 bits per heavy atom. The molecular weight excluding hydrogens is 336 g/mol. The van der Waals surface area contributed by atoms with Gasteiger partial charge in [-0.2, -0.15) is 0 Å². The zero-order chi connectivity index (χ0) is 14.0. The van der Waals surface area contributed by atoms with Crippen LogP contribution in [0.3, 0.4) is 0 Å². The van der Waals surface area contributed by atoms with E-state index in [0.717, 1.165) is 6.07 Å². The van der Waals surface area contributed by atoms with Gasteiger partial charge in [0.2, 0.25) is 0 Å². The number of anilines is 1. The summed E-state index contributed by atoms with van der Waals surface area (Å²) in [4.78, 5) is 15.8. The summed E-state index contributed by atoms with van der Waals surface area (Å²) in [7, 11) is 0. The van der Waals surface area contributed by atoms with Gasteiger partial charge in [-0.05, 0) is 34.1 Å². The first-order valence-corrected chi connectivity index (χ1v) is 6.28. The number of carbonyl (C=O) groups is 1. The molecule has 1 aromatic heterocycles. The fraction of sp³-hybridized carbons (Fsp3) is 0. The number of carbonyl (C=O) groups excluding carboxylic acids is 1. The minimum absolute atomic E-state index is 0.105. The normalized spacial score (nSPS) is 10.2. The Labute approximate surface area is 122 Å². The number of phenols is 2. The first-order chi connectivity index (χ1) is 8.95. The van der Waals surface area contributed by atoms with E-state index in [1.165, 1.54) is 18.3 Å². The number of hydrogen-bond acceptors (Lipinski definition) is 4. The van der Waals surface area contributed by atoms with Crippen LogP contribution < -0.4 is 5.32 Å². The first-order valence-electron chi connectivity index (χ1n) is 5.11. The monoisotopic (exact) mass is 342 g/mol. The van der Waals surface area contributed by atoms with Crippen LogP contribution in [0.15, 0.2) is 34.9 Å². The zero-order valence-electron chi connectivity index (χ0n) is 9.39. The van der Waals surface area contributed by atoms with Crippen LogP contribution >= 0.6 is 27.5 Å². The summed E-state index contributed by atoms with van der Waals surface area (Å²) in [6.45, 7) is 0. The van der Waals surface area contributed by atoms with Crippen molar-refractivity contribution in [2.45, 2.75) is 0 Å². The molecule has 0 aliphatic carbocycles. The van der Waals surface area contributed by atoms with E-state index in [0.29, 0.717) is 10.2 Å². The third-order valence-electron chi connectivity index (χ3n) is 2.22. The summed E-state index contributed by atoms with van der Waals surface area (Å²) in [5.74, 6) is -0.930. The lowest BCUT2D eigenvalue weighted by molar-refractivity contribution is 0.102. The number of nitrogens with one attached hydrogen (secondary N) is 1. The Balaban J connectivity index is 2.28. The molecule has 3 N–H and O–H groups in total. The lowest BCUT2D eigenvalue weighted by atomic mass is 10.2. The smallest absolute Gasteiger partial charge is 0.256 e. The number of aromatic nitrogens is 1. The third-order valence-corrected chi connectivity index (χ3v) is 2.95. The number of pyridine rings is 1. The summed E-state index contributed by atoms with van der Waals surface area (Å²) in [5, 5.41) is 21.3. The SMILES string of the molecule is O=C(Nc1cc(Br)cnc1Cl)c1cc(O)cc(O)c1. The fourth-order valence-electron chi connectivity index (χ4n) is 1.43. The number of amides is 1. The largest absolute Gasteiger partial charge is 0.508 e. The van der Waals surface area contributed by atoms with Crippen LogP contribution in [-0.4, -0.2) is 21.1 Å². The predicted octanol–water partition coefficient (Wildman–Crippen LogP) is 3.16. The van der Waals surface area contributed by atoms with Crippen molar-refractivity contribution in [3.63, 3.8) is 0 Å². The van der Waals surface area contributed by atoms with Gasteiger partial charge in [-0.15, -0.1) is 0 Å². The van der Waals surface area contributed by atoms with Gasteiger partial charge in [-0.1, -0.05) is 11.6 Å². The van der Waals surface area contributed by atoms with E-state index in [1.54, 1.807) is 6.07 Å². The van der Waals surface area contributed by atoms with Crippen molar-refractivity contribution in [2.24, 2.45) is 0 Å². The van der Waals surface area contributed by atoms with Crippen LogP contribution in [0.4, 0.5) is 5.69 Å². The molecule has 0 spiro atoms. The van der Waals surface area contributed by atoms with Gasteiger partial charge in [0.25, 0.3) is 5.91 Å². The number of rotatable bonds is 2. The van der Waals surface area contributed by atoms with Crippen molar-refractivity contribution in [1.29, 1.82) is 0 Å². The van der Waals surface area contributed by atoms with Crippen LogP contribution in [0.2, 0.25) is 5.15 Å². The van der Waals surface area contributed by atoms with E-state index in [1.807, 2.05) is 0 Å². The van der Waals surface area contributed by atoms with Gasteiger partial charge >= 0.3 is 0 Å². The zero-order valence-corrected chi connectivity index (χ0v) is 11.7. The summed E-state index contributed by atoms with van der Waals surface area (Å²) in [6, 6.07) is 5.18. The van der Waals surface area contributed by atoms with E-state index in [9.17, 15) is 15.0 Å². The number of nitrogens with zero attached hydrogens (tertiary/aromatic N) is 1. The van der Waals surface area contributed by atoms with Gasteiger partial charge < -0.3 is 15.5 Å². The maximum absolute atomic E-state index is 11.9. The molecule has 0 atom stereocenters.